The zero-order chi connectivity index (χ0) is 19.6. The lowest BCUT2D eigenvalue weighted by atomic mass is 9.79. The van der Waals surface area contributed by atoms with E-state index in [9.17, 15) is 31.1 Å². The third-order valence-corrected chi connectivity index (χ3v) is 4.28. The SMILES string of the molecule is CCC(CC(N)C(=O)O)C(C)c1cc(C(F)(F)F)ccc1C(F)(F)F. The Labute approximate surface area is 140 Å². The van der Waals surface area contributed by atoms with E-state index in [-0.39, 0.29) is 12.8 Å². The monoisotopic (exact) mass is 371 g/mol. The maximum Gasteiger partial charge on any atom is 0.416 e. The van der Waals surface area contributed by atoms with Gasteiger partial charge in [-0.15, -0.1) is 0 Å². The molecule has 0 radical (unpaired) electrons. The summed E-state index contributed by atoms with van der Waals surface area (Å²) >= 11 is 0. The molecule has 0 fully saturated rings. The van der Waals surface area contributed by atoms with Gasteiger partial charge in [0.1, 0.15) is 6.04 Å². The number of carbonyl (C=O) groups is 1. The van der Waals surface area contributed by atoms with Crippen LogP contribution in [0.2, 0.25) is 0 Å². The molecule has 0 saturated carbocycles. The molecule has 1 aromatic rings. The van der Waals surface area contributed by atoms with Crippen LogP contribution in [0.15, 0.2) is 18.2 Å². The van der Waals surface area contributed by atoms with Crippen LogP contribution < -0.4 is 5.73 Å². The Morgan fingerprint density at radius 2 is 1.72 bits per heavy atom. The van der Waals surface area contributed by atoms with Crippen LogP contribution in [-0.2, 0) is 17.1 Å². The van der Waals surface area contributed by atoms with E-state index < -0.39 is 52.9 Å². The van der Waals surface area contributed by atoms with E-state index in [1.807, 2.05) is 0 Å². The first-order chi connectivity index (χ1) is 11.3. The largest absolute Gasteiger partial charge is 0.480 e. The minimum Gasteiger partial charge on any atom is -0.480 e. The van der Waals surface area contributed by atoms with Crippen LogP contribution in [-0.4, -0.2) is 17.1 Å². The van der Waals surface area contributed by atoms with Gasteiger partial charge in [0.25, 0.3) is 0 Å². The van der Waals surface area contributed by atoms with E-state index in [1.54, 1.807) is 6.92 Å². The second-order valence-corrected chi connectivity index (χ2v) is 5.93. The van der Waals surface area contributed by atoms with Gasteiger partial charge in [0.05, 0.1) is 11.1 Å². The molecule has 0 amide bonds. The van der Waals surface area contributed by atoms with Crippen molar-refractivity contribution in [3.8, 4) is 0 Å². The number of rotatable bonds is 6. The van der Waals surface area contributed by atoms with Gasteiger partial charge in [0.15, 0.2) is 0 Å². The third-order valence-electron chi connectivity index (χ3n) is 4.28. The van der Waals surface area contributed by atoms with Crippen molar-refractivity contribution in [1.82, 2.24) is 0 Å². The molecule has 0 aliphatic rings. The second kappa shape index (κ2) is 7.63. The Hall–Kier alpha value is -1.77. The van der Waals surface area contributed by atoms with E-state index in [1.165, 1.54) is 6.92 Å². The maximum absolute atomic E-state index is 13.2. The average Bonchev–Trinajstić information content (AvgIpc) is 2.49. The van der Waals surface area contributed by atoms with Crippen LogP contribution >= 0.6 is 0 Å². The minimum absolute atomic E-state index is 0.138. The molecule has 0 aliphatic heterocycles. The predicted octanol–water partition coefficient (Wildman–Crippen LogP) is 4.66. The summed E-state index contributed by atoms with van der Waals surface area (Å²) in [7, 11) is 0. The fourth-order valence-electron chi connectivity index (χ4n) is 2.78. The number of nitrogens with two attached hydrogens (primary N) is 1. The molecule has 3 N–H and O–H groups in total. The Bertz CT molecular complexity index is 612. The van der Waals surface area contributed by atoms with E-state index in [0.29, 0.717) is 18.2 Å². The van der Waals surface area contributed by atoms with E-state index >= 15 is 0 Å². The number of aliphatic carboxylic acids is 1. The fraction of sp³-hybridized carbons (Fsp3) is 0.562. The number of alkyl halides is 6. The highest BCUT2D eigenvalue weighted by Crippen LogP contribution is 2.42. The van der Waals surface area contributed by atoms with Crippen molar-refractivity contribution >= 4 is 5.97 Å². The average molecular weight is 371 g/mol. The standard InChI is InChI=1S/C16H19F6NO2/c1-3-9(6-13(23)14(24)25)8(2)11-7-10(15(17,18)19)4-5-12(11)16(20,21)22/h4-5,7-9,13H,3,6,23H2,1-2H3,(H,24,25). The highest BCUT2D eigenvalue weighted by molar-refractivity contribution is 5.73. The van der Waals surface area contributed by atoms with Crippen LogP contribution in [0.3, 0.4) is 0 Å². The summed E-state index contributed by atoms with van der Waals surface area (Å²) in [5.41, 5.74) is 2.58. The van der Waals surface area contributed by atoms with Gasteiger partial charge in [-0.1, -0.05) is 20.3 Å². The highest BCUT2D eigenvalue weighted by atomic mass is 19.4. The normalized spacial score (nSPS) is 16.4. The van der Waals surface area contributed by atoms with Crippen molar-refractivity contribution in [3.05, 3.63) is 34.9 Å². The van der Waals surface area contributed by atoms with Gasteiger partial charge in [-0.25, -0.2) is 0 Å². The lowest BCUT2D eigenvalue weighted by Crippen LogP contribution is -2.33. The quantitative estimate of drug-likeness (QED) is 0.715. The van der Waals surface area contributed by atoms with Crippen molar-refractivity contribution < 1.29 is 36.2 Å². The number of halogens is 6. The summed E-state index contributed by atoms with van der Waals surface area (Å²) in [5.74, 6) is -2.88. The first-order valence-electron chi connectivity index (χ1n) is 7.55. The predicted molar refractivity (Wildman–Crippen MR) is 78.9 cm³/mol. The van der Waals surface area contributed by atoms with Crippen LogP contribution in [0.5, 0.6) is 0 Å². The second-order valence-electron chi connectivity index (χ2n) is 5.93. The van der Waals surface area contributed by atoms with E-state index in [2.05, 4.69) is 0 Å². The number of hydrogen-bond donors (Lipinski definition) is 2. The molecule has 0 bridgehead atoms. The van der Waals surface area contributed by atoms with Crippen molar-refractivity contribution in [2.75, 3.05) is 0 Å². The van der Waals surface area contributed by atoms with Crippen molar-refractivity contribution in [3.63, 3.8) is 0 Å². The zero-order valence-corrected chi connectivity index (χ0v) is 13.6. The lowest BCUT2D eigenvalue weighted by molar-refractivity contribution is -0.142. The molecule has 25 heavy (non-hydrogen) atoms. The summed E-state index contributed by atoms with van der Waals surface area (Å²) < 4.78 is 78.2. The molecule has 142 valence electrons. The molecule has 0 aliphatic carbocycles. The Morgan fingerprint density at radius 3 is 2.12 bits per heavy atom. The van der Waals surface area contributed by atoms with Gasteiger partial charge in [0.2, 0.25) is 0 Å². The number of carboxylic acids is 1. The minimum atomic E-state index is -4.82. The van der Waals surface area contributed by atoms with Gasteiger partial charge < -0.3 is 10.8 Å². The molecule has 0 spiro atoms. The Morgan fingerprint density at radius 1 is 1.16 bits per heavy atom. The zero-order valence-electron chi connectivity index (χ0n) is 13.6. The molecule has 0 saturated heterocycles. The lowest BCUT2D eigenvalue weighted by Gasteiger charge is -2.27. The smallest absolute Gasteiger partial charge is 0.416 e. The Balaban J connectivity index is 3.36. The molecular weight excluding hydrogens is 352 g/mol. The summed E-state index contributed by atoms with van der Waals surface area (Å²) in [6.07, 6.45) is -9.46. The topological polar surface area (TPSA) is 63.3 Å². The molecule has 9 heteroatoms. The van der Waals surface area contributed by atoms with E-state index in [0.717, 1.165) is 0 Å². The summed E-state index contributed by atoms with van der Waals surface area (Å²) in [6, 6.07) is -0.00302. The van der Waals surface area contributed by atoms with Crippen molar-refractivity contribution in [2.45, 2.75) is 51.0 Å². The molecule has 3 nitrogen and oxygen atoms in total. The molecule has 1 aromatic carbocycles. The summed E-state index contributed by atoms with van der Waals surface area (Å²) in [6.45, 7) is 2.98. The molecule has 0 heterocycles. The highest BCUT2D eigenvalue weighted by Gasteiger charge is 2.39. The Kier molecular flexibility index (Phi) is 6.50. The third kappa shape index (κ3) is 5.35. The van der Waals surface area contributed by atoms with Gasteiger partial charge in [-0.05, 0) is 42.0 Å². The van der Waals surface area contributed by atoms with Crippen molar-refractivity contribution in [1.29, 1.82) is 0 Å². The molecule has 3 unspecified atom stereocenters. The fourth-order valence-corrected chi connectivity index (χ4v) is 2.78. The van der Waals surface area contributed by atoms with Crippen molar-refractivity contribution in [2.24, 2.45) is 11.7 Å². The molecule has 0 aromatic heterocycles. The number of carboxylic acid groups (broad SMARTS) is 1. The molecular formula is C16H19F6NO2. The summed E-state index contributed by atoms with van der Waals surface area (Å²) in [5, 5.41) is 8.86. The van der Waals surface area contributed by atoms with Crippen LogP contribution in [0.25, 0.3) is 0 Å². The van der Waals surface area contributed by atoms with Gasteiger partial charge in [0, 0.05) is 0 Å². The van der Waals surface area contributed by atoms with Crippen LogP contribution in [0.1, 0.15) is 49.3 Å². The summed E-state index contributed by atoms with van der Waals surface area (Å²) in [4.78, 5) is 10.9. The molecule has 1 rings (SSSR count). The first kappa shape index (κ1) is 21.3. The maximum atomic E-state index is 13.2. The number of benzene rings is 1. The van der Waals surface area contributed by atoms with E-state index in [4.69, 9.17) is 10.8 Å². The first-order valence-corrected chi connectivity index (χ1v) is 7.55. The number of hydrogen-bond acceptors (Lipinski definition) is 2. The van der Waals surface area contributed by atoms with Crippen LogP contribution in [0, 0.1) is 5.92 Å². The van der Waals surface area contributed by atoms with Crippen LogP contribution in [0.4, 0.5) is 26.3 Å². The molecule has 3 atom stereocenters. The van der Waals surface area contributed by atoms with Gasteiger partial charge >= 0.3 is 18.3 Å². The van der Waals surface area contributed by atoms with Gasteiger partial charge in [-0.3, -0.25) is 4.79 Å². The van der Waals surface area contributed by atoms with Gasteiger partial charge in [-0.2, -0.15) is 26.3 Å².